The van der Waals surface area contributed by atoms with E-state index in [1.807, 2.05) is 0 Å². The number of nitriles is 1. The van der Waals surface area contributed by atoms with E-state index in [0.29, 0.717) is 5.92 Å². The van der Waals surface area contributed by atoms with Gasteiger partial charge < -0.3 is 0 Å². The molecule has 1 nitrogen and oxygen atoms in total. The summed E-state index contributed by atoms with van der Waals surface area (Å²) in [6.07, 6.45) is 4.80. The smallest absolute Gasteiger partial charge is 0.0655 e. The zero-order chi connectivity index (χ0) is 6.69. The molecule has 0 bridgehead atoms. The average Bonchev–Trinajstić information content (AvgIpc) is 1.90. The van der Waals surface area contributed by atoms with Crippen molar-refractivity contribution in [2.45, 2.75) is 32.6 Å². The minimum atomic E-state index is 0.376. The third-order valence-corrected chi connectivity index (χ3v) is 2.20. The molecule has 1 saturated carbocycles. The second kappa shape index (κ2) is 2.87. The normalized spacial score (nSPS) is 35.6. The Kier molecular flexibility index (Phi) is 2.10. The maximum absolute atomic E-state index is 8.53. The van der Waals surface area contributed by atoms with Gasteiger partial charge in [0.1, 0.15) is 0 Å². The third kappa shape index (κ3) is 1.71. The fraction of sp³-hybridized carbons (Fsp3) is 0.875. The third-order valence-electron chi connectivity index (χ3n) is 2.20. The van der Waals surface area contributed by atoms with E-state index < -0.39 is 0 Å². The summed E-state index contributed by atoms with van der Waals surface area (Å²) in [4.78, 5) is 0. The molecule has 1 heteroatoms. The van der Waals surface area contributed by atoms with Crippen molar-refractivity contribution in [1.82, 2.24) is 0 Å². The largest absolute Gasteiger partial charge is 0.198 e. The summed E-state index contributed by atoms with van der Waals surface area (Å²) in [5.74, 6) is 1.25. The lowest BCUT2D eigenvalue weighted by molar-refractivity contribution is 0.336. The van der Waals surface area contributed by atoms with Crippen LogP contribution in [0.25, 0.3) is 0 Å². The van der Waals surface area contributed by atoms with Crippen LogP contribution in [0.15, 0.2) is 0 Å². The molecule has 0 amide bonds. The average molecular weight is 123 g/mol. The van der Waals surface area contributed by atoms with Gasteiger partial charge in [0.15, 0.2) is 0 Å². The second-order valence-corrected chi connectivity index (χ2v) is 3.09. The Balaban J connectivity index is 2.28. The van der Waals surface area contributed by atoms with Gasteiger partial charge in [0.05, 0.1) is 6.07 Å². The lowest BCUT2D eigenvalue weighted by Gasteiger charge is -2.20. The molecular formula is C8H13N. The van der Waals surface area contributed by atoms with Gasteiger partial charge >= 0.3 is 0 Å². The Morgan fingerprint density at radius 2 is 1.78 bits per heavy atom. The van der Waals surface area contributed by atoms with Gasteiger partial charge in [0, 0.05) is 5.92 Å². The first kappa shape index (κ1) is 6.61. The highest BCUT2D eigenvalue weighted by atomic mass is 14.3. The molecule has 9 heavy (non-hydrogen) atoms. The molecule has 1 fully saturated rings. The van der Waals surface area contributed by atoms with Crippen molar-refractivity contribution in [1.29, 1.82) is 5.26 Å². The first-order chi connectivity index (χ1) is 4.33. The van der Waals surface area contributed by atoms with Gasteiger partial charge in [0.25, 0.3) is 0 Å². The summed E-state index contributed by atoms with van der Waals surface area (Å²) in [6, 6.07) is 2.32. The van der Waals surface area contributed by atoms with E-state index in [0.717, 1.165) is 18.8 Å². The number of hydrogen-bond acceptors (Lipinski definition) is 1. The Morgan fingerprint density at radius 1 is 1.22 bits per heavy atom. The summed E-state index contributed by atoms with van der Waals surface area (Å²) in [6.45, 7) is 2.27. The number of rotatable bonds is 0. The molecule has 1 aliphatic rings. The van der Waals surface area contributed by atoms with Crippen molar-refractivity contribution in [2.24, 2.45) is 11.8 Å². The van der Waals surface area contributed by atoms with Gasteiger partial charge in [-0.05, 0) is 31.6 Å². The Hall–Kier alpha value is -0.510. The second-order valence-electron chi connectivity index (χ2n) is 3.09. The molecule has 0 aliphatic heterocycles. The van der Waals surface area contributed by atoms with Gasteiger partial charge in [-0.15, -0.1) is 0 Å². The minimum Gasteiger partial charge on any atom is -0.198 e. The van der Waals surface area contributed by atoms with Gasteiger partial charge in [-0.2, -0.15) is 5.26 Å². The number of hydrogen-bond donors (Lipinski definition) is 0. The molecule has 0 radical (unpaired) electrons. The molecule has 0 spiro atoms. The summed E-state index contributed by atoms with van der Waals surface area (Å²) < 4.78 is 0. The van der Waals surface area contributed by atoms with Crippen molar-refractivity contribution in [3.05, 3.63) is 0 Å². The van der Waals surface area contributed by atoms with Crippen molar-refractivity contribution in [3.8, 4) is 6.07 Å². The van der Waals surface area contributed by atoms with Crippen LogP contribution in [0.5, 0.6) is 0 Å². The van der Waals surface area contributed by atoms with Crippen molar-refractivity contribution in [3.63, 3.8) is 0 Å². The molecule has 0 aromatic carbocycles. The Morgan fingerprint density at radius 3 is 2.22 bits per heavy atom. The predicted molar refractivity (Wildman–Crippen MR) is 36.7 cm³/mol. The summed E-state index contributed by atoms with van der Waals surface area (Å²) in [5, 5.41) is 8.53. The van der Waals surface area contributed by atoms with Crippen LogP contribution in [-0.2, 0) is 0 Å². The summed E-state index contributed by atoms with van der Waals surface area (Å²) in [5.41, 5.74) is 0. The van der Waals surface area contributed by atoms with Gasteiger partial charge in [-0.3, -0.25) is 0 Å². The van der Waals surface area contributed by atoms with Crippen LogP contribution < -0.4 is 0 Å². The van der Waals surface area contributed by atoms with Crippen LogP contribution in [-0.4, -0.2) is 0 Å². The highest BCUT2D eigenvalue weighted by Gasteiger charge is 2.16. The first-order valence-corrected chi connectivity index (χ1v) is 3.72. The van der Waals surface area contributed by atoms with E-state index in [2.05, 4.69) is 13.0 Å². The minimum absolute atomic E-state index is 0.376. The molecule has 0 N–H and O–H groups in total. The zero-order valence-electron chi connectivity index (χ0n) is 5.93. The van der Waals surface area contributed by atoms with E-state index in [9.17, 15) is 0 Å². The van der Waals surface area contributed by atoms with Crippen LogP contribution in [0, 0.1) is 23.2 Å². The first-order valence-electron chi connectivity index (χ1n) is 3.72. The van der Waals surface area contributed by atoms with E-state index >= 15 is 0 Å². The van der Waals surface area contributed by atoms with E-state index in [4.69, 9.17) is 5.26 Å². The van der Waals surface area contributed by atoms with Crippen LogP contribution in [0.1, 0.15) is 32.6 Å². The zero-order valence-corrected chi connectivity index (χ0v) is 5.93. The summed E-state index contributed by atoms with van der Waals surface area (Å²) in [7, 11) is 0. The maximum atomic E-state index is 8.53. The lowest BCUT2D eigenvalue weighted by atomic mass is 9.84. The molecule has 1 aliphatic carbocycles. The van der Waals surface area contributed by atoms with Gasteiger partial charge in [0.2, 0.25) is 0 Å². The molecule has 50 valence electrons. The standard InChI is InChI=1S/C8H13N/c1-7-2-4-8(6-9)5-3-7/h7-8H,2-5H2,1H3. The van der Waals surface area contributed by atoms with E-state index in [1.165, 1.54) is 12.8 Å². The molecule has 0 heterocycles. The molecule has 0 unspecified atom stereocenters. The van der Waals surface area contributed by atoms with Crippen LogP contribution in [0.2, 0.25) is 0 Å². The fourth-order valence-corrected chi connectivity index (χ4v) is 1.39. The highest BCUT2D eigenvalue weighted by molar-refractivity contribution is 4.85. The summed E-state index contributed by atoms with van der Waals surface area (Å²) >= 11 is 0. The SMILES string of the molecule is CC1CCC(C#N)CC1. The Bertz CT molecular complexity index is 115. The molecule has 0 aromatic heterocycles. The molecular weight excluding hydrogens is 110 g/mol. The monoisotopic (exact) mass is 123 g/mol. The topological polar surface area (TPSA) is 23.8 Å². The molecule has 0 aromatic rings. The van der Waals surface area contributed by atoms with E-state index in [1.54, 1.807) is 0 Å². The fourth-order valence-electron chi connectivity index (χ4n) is 1.39. The maximum Gasteiger partial charge on any atom is 0.0655 e. The van der Waals surface area contributed by atoms with Crippen molar-refractivity contribution >= 4 is 0 Å². The molecule has 1 rings (SSSR count). The van der Waals surface area contributed by atoms with Crippen molar-refractivity contribution < 1.29 is 0 Å². The van der Waals surface area contributed by atoms with Crippen molar-refractivity contribution in [2.75, 3.05) is 0 Å². The Labute approximate surface area is 56.7 Å². The van der Waals surface area contributed by atoms with Gasteiger partial charge in [-0.1, -0.05) is 6.92 Å². The van der Waals surface area contributed by atoms with Crippen LogP contribution in [0.3, 0.4) is 0 Å². The van der Waals surface area contributed by atoms with Gasteiger partial charge in [-0.25, -0.2) is 0 Å². The van der Waals surface area contributed by atoms with Crippen LogP contribution in [0.4, 0.5) is 0 Å². The molecule has 0 atom stereocenters. The lowest BCUT2D eigenvalue weighted by Crippen LogP contribution is -2.09. The van der Waals surface area contributed by atoms with E-state index in [-0.39, 0.29) is 0 Å². The predicted octanol–water partition coefficient (Wildman–Crippen LogP) is 2.34. The number of nitrogens with zero attached hydrogens (tertiary/aromatic N) is 1. The highest BCUT2D eigenvalue weighted by Crippen LogP contribution is 2.27. The van der Waals surface area contributed by atoms with Crippen LogP contribution >= 0.6 is 0 Å². The molecule has 0 saturated heterocycles. The quantitative estimate of drug-likeness (QED) is 0.485.